The van der Waals surface area contributed by atoms with Crippen LogP contribution in [-0.4, -0.2) is 41.2 Å². The van der Waals surface area contributed by atoms with E-state index in [1.165, 1.54) is 0 Å². The van der Waals surface area contributed by atoms with Crippen LogP contribution in [0.4, 0.5) is 0 Å². The van der Waals surface area contributed by atoms with Gasteiger partial charge in [-0.2, -0.15) is 0 Å². The molecule has 0 saturated carbocycles. The van der Waals surface area contributed by atoms with Crippen molar-refractivity contribution in [3.63, 3.8) is 0 Å². The SMILES string of the molecule is CN=CC([O][In]([CH3])[CH3])C(C)(C)C. The number of aliphatic imine (C=N–C) groups is 1. The summed E-state index contributed by atoms with van der Waals surface area (Å²) in [6.45, 7) is 6.56. The van der Waals surface area contributed by atoms with Crippen LogP contribution in [0.2, 0.25) is 9.36 Å². The van der Waals surface area contributed by atoms with E-state index < -0.39 is 21.9 Å². The van der Waals surface area contributed by atoms with Crippen LogP contribution in [0, 0.1) is 5.41 Å². The van der Waals surface area contributed by atoms with Crippen LogP contribution in [0.1, 0.15) is 20.8 Å². The molecule has 0 aliphatic rings. The molecule has 0 aliphatic heterocycles. The molecule has 0 radical (unpaired) electrons. The number of rotatable bonds is 3. The zero-order valence-electron chi connectivity index (χ0n) is 9.09. The molecule has 1 atom stereocenters. The molecule has 70 valence electrons. The van der Waals surface area contributed by atoms with E-state index in [1.54, 1.807) is 7.05 Å². The maximum atomic E-state index is 5.92. The Labute approximate surface area is 84.6 Å². The summed E-state index contributed by atoms with van der Waals surface area (Å²) >= 11 is -1.57. The van der Waals surface area contributed by atoms with Gasteiger partial charge in [0, 0.05) is 0 Å². The summed E-state index contributed by atoms with van der Waals surface area (Å²) in [5, 5.41) is 0. The third kappa shape index (κ3) is 5.20. The van der Waals surface area contributed by atoms with Crippen molar-refractivity contribution in [3.05, 3.63) is 0 Å². The second-order valence-electron chi connectivity index (χ2n) is 4.38. The Hall–Kier alpha value is 0.500. The first-order valence-corrected chi connectivity index (χ1v) is 12.4. The van der Waals surface area contributed by atoms with E-state index in [2.05, 4.69) is 35.1 Å². The van der Waals surface area contributed by atoms with E-state index in [9.17, 15) is 0 Å². The first kappa shape index (κ1) is 12.5. The molecule has 0 rings (SSSR count). The minimum absolute atomic E-state index is 0.181. The van der Waals surface area contributed by atoms with Crippen LogP contribution in [0.3, 0.4) is 0 Å². The van der Waals surface area contributed by atoms with Gasteiger partial charge in [0.25, 0.3) is 0 Å². The second kappa shape index (κ2) is 5.28. The summed E-state index contributed by atoms with van der Waals surface area (Å²) in [6.07, 6.45) is 2.13. The van der Waals surface area contributed by atoms with E-state index in [0.717, 1.165) is 0 Å². The molecule has 1 unspecified atom stereocenters. The van der Waals surface area contributed by atoms with Gasteiger partial charge in [0.15, 0.2) is 0 Å². The van der Waals surface area contributed by atoms with Gasteiger partial charge < -0.3 is 0 Å². The van der Waals surface area contributed by atoms with Crippen molar-refractivity contribution in [2.24, 2.45) is 10.4 Å². The van der Waals surface area contributed by atoms with Crippen molar-refractivity contribution >= 4 is 28.1 Å². The molecule has 0 aromatic carbocycles. The van der Waals surface area contributed by atoms with Gasteiger partial charge in [-0.1, -0.05) is 0 Å². The maximum absolute atomic E-state index is 5.92. The van der Waals surface area contributed by atoms with Gasteiger partial charge in [0.2, 0.25) is 0 Å². The fourth-order valence-corrected chi connectivity index (χ4v) is 3.93. The van der Waals surface area contributed by atoms with Gasteiger partial charge in [-0.3, -0.25) is 0 Å². The van der Waals surface area contributed by atoms with Crippen molar-refractivity contribution in [1.82, 2.24) is 0 Å². The molecule has 0 amide bonds. The average Bonchev–Trinajstić information content (AvgIpc) is 1.83. The summed E-state index contributed by atoms with van der Waals surface area (Å²) in [5.74, 6) is 0. The fraction of sp³-hybridized carbons (Fsp3) is 0.889. The van der Waals surface area contributed by atoms with Crippen molar-refractivity contribution in [3.8, 4) is 0 Å². The van der Waals surface area contributed by atoms with Crippen LogP contribution in [0.5, 0.6) is 0 Å². The van der Waals surface area contributed by atoms with E-state index >= 15 is 0 Å². The van der Waals surface area contributed by atoms with Crippen LogP contribution in [0.15, 0.2) is 4.99 Å². The van der Waals surface area contributed by atoms with Crippen LogP contribution < -0.4 is 0 Å². The number of hydrogen-bond acceptors (Lipinski definition) is 2. The molecule has 0 aromatic rings. The zero-order chi connectivity index (χ0) is 9.78. The standard InChI is InChI=1S/C7H14NO.2CH3.In/c1-7(2,3)6(9)5-8-4;;;/h5-6H,1-4H3;2*1H3;/q-1;;;+1. The summed E-state index contributed by atoms with van der Waals surface area (Å²) in [7, 11) is 1.80. The van der Waals surface area contributed by atoms with Gasteiger partial charge in [0.05, 0.1) is 0 Å². The van der Waals surface area contributed by atoms with Gasteiger partial charge in [0.1, 0.15) is 0 Å². The van der Waals surface area contributed by atoms with Crippen LogP contribution in [-0.2, 0) is 2.85 Å². The average molecular weight is 273 g/mol. The second-order valence-corrected chi connectivity index (χ2v) is 11.1. The number of nitrogens with zero attached hydrogens (tertiary/aromatic N) is 1. The van der Waals surface area contributed by atoms with Gasteiger partial charge in [-0.05, 0) is 0 Å². The summed E-state index contributed by atoms with van der Waals surface area (Å²) < 4.78 is 10.4. The van der Waals surface area contributed by atoms with E-state index in [4.69, 9.17) is 2.85 Å². The molecule has 12 heavy (non-hydrogen) atoms. The first-order valence-electron chi connectivity index (χ1n) is 4.45. The Morgan fingerprint density at radius 1 is 1.33 bits per heavy atom. The first-order chi connectivity index (χ1) is 5.38. The number of hydrogen-bond donors (Lipinski definition) is 0. The van der Waals surface area contributed by atoms with Crippen molar-refractivity contribution in [1.29, 1.82) is 0 Å². The monoisotopic (exact) mass is 273 g/mol. The van der Waals surface area contributed by atoms with Crippen molar-refractivity contribution in [2.45, 2.75) is 36.2 Å². The molecule has 0 N–H and O–H groups in total. The Balaban J connectivity index is 4.24. The quantitative estimate of drug-likeness (QED) is 0.723. The summed E-state index contributed by atoms with van der Waals surface area (Å²) in [6, 6.07) is 0. The molecule has 0 fully saturated rings. The Bertz CT molecular complexity index is 149. The molecule has 3 heteroatoms. The predicted octanol–water partition coefficient (Wildman–Crippen LogP) is 2.37. The van der Waals surface area contributed by atoms with Crippen molar-refractivity contribution in [2.75, 3.05) is 7.05 Å². The molecular weight excluding hydrogens is 253 g/mol. The zero-order valence-corrected chi connectivity index (χ0v) is 12.4. The predicted molar refractivity (Wildman–Crippen MR) is 56.2 cm³/mol. The van der Waals surface area contributed by atoms with Gasteiger partial charge in [-0.25, -0.2) is 0 Å². The van der Waals surface area contributed by atoms with E-state index in [-0.39, 0.29) is 11.5 Å². The minimum atomic E-state index is -1.57. The molecule has 0 aromatic heterocycles. The van der Waals surface area contributed by atoms with E-state index in [1.807, 2.05) is 6.21 Å². The fourth-order valence-electron chi connectivity index (χ4n) is 0.891. The topological polar surface area (TPSA) is 21.6 Å². The molecule has 0 bridgehead atoms. The molecule has 0 aliphatic carbocycles. The Morgan fingerprint density at radius 3 is 2.08 bits per heavy atom. The molecule has 2 nitrogen and oxygen atoms in total. The molecule has 0 spiro atoms. The third-order valence-electron chi connectivity index (χ3n) is 1.56. The van der Waals surface area contributed by atoms with Crippen LogP contribution >= 0.6 is 0 Å². The van der Waals surface area contributed by atoms with Crippen molar-refractivity contribution < 1.29 is 2.85 Å². The van der Waals surface area contributed by atoms with Gasteiger partial charge in [-0.15, -0.1) is 0 Å². The third-order valence-corrected chi connectivity index (χ3v) is 3.95. The molecule has 0 heterocycles. The Morgan fingerprint density at radius 2 is 1.83 bits per heavy atom. The van der Waals surface area contributed by atoms with Gasteiger partial charge >= 0.3 is 84.6 Å². The normalized spacial score (nSPS) is 15.2. The summed E-state index contributed by atoms with van der Waals surface area (Å²) in [4.78, 5) is 4.04. The summed E-state index contributed by atoms with van der Waals surface area (Å²) in [5.41, 5.74) is 0.181. The molecule has 0 saturated heterocycles. The Kier molecular flexibility index (Phi) is 5.50. The van der Waals surface area contributed by atoms with Crippen LogP contribution in [0.25, 0.3) is 0 Å². The molecular formula is C9H20InNO. The van der Waals surface area contributed by atoms with E-state index in [0.29, 0.717) is 0 Å².